The van der Waals surface area contributed by atoms with Crippen LogP contribution in [0.15, 0.2) is 18.2 Å². The highest BCUT2D eigenvalue weighted by molar-refractivity contribution is 6.04. The first kappa shape index (κ1) is 13.4. The highest BCUT2D eigenvalue weighted by Crippen LogP contribution is 2.18. The quantitative estimate of drug-likeness (QED) is 0.795. The van der Waals surface area contributed by atoms with Crippen LogP contribution in [0.2, 0.25) is 0 Å². The van der Waals surface area contributed by atoms with Crippen molar-refractivity contribution in [2.75, 3.05) is 5.32 Å². The smallest absolute Gasteiger partial charge is 0.231 e. The zero-order valence-electron chi connectivity index (χ0n) is 10.7. The van der Waals surface area contributed by atoms with E-state index in [-0.39, 0.29) is 18.1 Å². The number of benzene rings is 1. The van der Waals surface area contributed by atoms with Gasteiger partial charge in [-0.15, -0.1) is 0 Å². The van der Waals surface area contributed by atoms with Gasteiger partial charge >= 0.3 is 0 Å². The summed E-state index contributed by atoms with van der Waals surface area (Å²) >= 11 is 0. The van der Waals surface area contributed by atoms with Crippen LogP contribution in [0.4, 0.5) is 5.69 Å². The van der Waals surface area contributed by atoms with Crippen molar-refractivity contribution >= 4 is 17.4 Å². The Morgan fingerprint density at radius 1 is 1.24 bits per heavy atom. The summed E-state index contributed by atoms with van der Waals surface area (Å²) in [7, 11) is 0. The van der Waals surface area contributed by atoms with Crippen molar-refractivity contribution in [3.05, 3.63) is 29.3 Å². The number of nitrogens with one attached hydrogen (secondary N) is 1. The maximum atomic E-state index is 11.6. The lowest BCUT2D eigenvalue weighted by Crippen LogP contribution is -2.17. The van der Waals surface area contributed by atoms with Gasteiger partial charge in [-0.3, -0.25) is 9.59 Å². The van der Waals surface area contributed by atoms with Crippen LogP contribution < -0.4 is 5.32 Å². The van der Waals surface area contributed by atoms with Crippen molar-refractivity contribution in [2.45, 2.75) is 40.0 Å². The van der Waals surface area contributed by atoms with E-state index in [9.17, 15) is 9.59 Å². The van der Waals surface area contributed by atoms with E-state index in [0.717, 1.165) is 23.2 Å². The van der Waals surface area contributed by atoms with E-state index in [1.807, 2.05) is 39.0 Å². The van der Waals surface area contributed by atoms with Gasteiger partial charge in [-0.05, 0) is 37.5 Å². The molecule has 1 amide bonds. The SMILES string of the molecule is CCCC(=O)CC(=O)Nc1cccc(C)c1C. The van der Waals surface area contributed by atoms with Crippen LogP contribution in [-0.4, -0.2) is 11.7 Å². The molecule has 0 heterocycles. The number of ketones is 1. The van der Waals surface area contributed by atoms with Crippen LogP contribution in [0.1, 0.15) is 37.3 Å². The fraction of sp³-hybridized carbons (Fsp3) is 0.429. The van der Waals surface area contributed by atoms with Crippen LogP contribution in [-0.2, 0) is 9.59 Å². The molecule has 0 aliphatic heterocycles. The molecule has 0 bridgehead atoms. The fourth-order valence-corrected chi connectivity index (χ4v) is 1.63. The molecule has 0 aliphatic carbocycles. The zero-order valence-corrected chi connectivity index (χ0v) is 10.7. The Balaban J connectivity index is 2.62. The van der Waals surface area contributed by atoms with Gasteiger partial charge in [0.25, 0.3) is 0 Å². The van der Waals surface area contributed by atoms with Crippen LogP contribution >= 0.6 is 0 Å². The lowest BCUT2D eigenvalue weighted by Gasteiger charge is -2.09. The van der Waals surface area contributed by atoms with Gasteiger partial charge in [0.1, 0.15) is 5.78 Å². The van der Waals surface area contributed by atoms with Crippen molar-refractivity contribution in [3.63, 3.8) is 0 Å². The Bertz CT molecular complexity index is 424. The molecule has 0 unspecified atom stereocenters. The van der Waals surface area contributed by atoms with E-state index in [1.54, 1.807) is 0 Å². The van der Waals surface area contributed by atoms with Crippen LogP contribution in [0.5, 0.6) is 0 Å². The molecule has 0 saturated heterocycles. The largest absolute Gasteiger partial charge is 0.325 e. The molecule has 0 atom stereocenters. The lowest BCUT2D eigenvalue weighted by molar-refractivity contribution is -0.125. The third-order valence-corrected chi connectivity index (χ3v) is 2.77. The molecule has 0 aliphatic rings. The molecule has 1 N–H and O–H groups in total. The highest BCUT2D eigenvalue weighted by Gasteiger charge is 2.10. The second-order valence-electron chi connectivity index (χ2n) is 4.26. The van der Waals surface area contributed by atoms with Gasteiger partial charge in [0.2, 0.25) is 5.91 Å². The fourth-order valence-electron chi connectivity index (χ4n) is 1.63. The summed E-state index contributed by atoms with van der Waals surface area (Å²) < 4.78 is 0. The first-order valence-corrected chi connectivity index (χ1v) is 5.92. The van der Waals surface area contributed by atoms with E-state index < -0.39 is 0 Å². The van der Waals surface area contributed by atoms with Gasteiger partial charge in [-0.1, -0.05) is 19.1 Å². The third-order valence-electron chi connectivity index (χ3n) is 2.77. The van der Waals surface area contributed by atoms with Gasteiger partial charge < -0.3 is 5.32 Å². The van der Waals surface area contributed by atoms with E-state index in [0.29, 0.717) is 6.42 Å². The molecule has 17 heavy (non-hydrogen) atoms. The van der Waals surface area contributed by atoms with Crippen LogP contribution in [0.3, 0.4) is 0 Å². The first-order chi connectivity index (χ1) is 8.04. The molecule has 1 rings (SSSR count). The van der Waals surface area contributed by atoms with Gasteiger partial charge in [0.05, 0.1) is 6.42 Å². The van der Waals surface area contributed by atoms with E-state index in [1.165, 1.54) is 0 Å². The Labute approximate surface area is 102 Å². The van der Waals surface area contributed by atoms with E-state index >= 15 is 0 Å². The average Bonchev–Trinajstić information content (AvgIpc) is 2.25. The van der Waals surface area contributed by atoms with Gasteiger partial charge in [0.15, 0.2) is 0 Å². The molecule has 1 aromatic rings. The molecule has 0 saturated carbocycles. The monoisotopic (exact) mass is 233 g/mol. The number of Topliss-reactive ketones (excluding diaryl/α,β-unsaturated/α-hetero) is 1. The van der Waals surface area contributed by atoms with Crippen molar-refractivity contribution in [3.8, 4) is 0 Å². The zero-order chi connectivity index (χ0) is 12.8. The maximum absolute atomic E-state index is 11.6. The summed E-state index contributed by atoms with van der Waals surface area (Å²) in [6.45, 7) is 5.88. The van der Waals surface area contributed by atoms with Gasteiger partial charge in [-0.2, -0.15) is 0 Å². The number of carbonyl (C=O) groups is 2. The van der Waals surface area contributed by atoms with Crippen molar-refractivity contribution in [2.24, 2.45) is 0 Å². The predicted octanol–water partition coefficient (Wildman–Crippen LogP) is 3.00. The standard InChI is InChI=1S/C14H19NO2/c1-4-6-12(16)9-14(17)15-13-8-5-7-10(2)11(13)3/h5,7-8H,4,6,9H2,1-3H3,(H,15,17). The highest BCUT2D eigenvalue weighted by atomic mass is 16.2. The summed E-state index contributed by atoms with van der Waals surface area (Å²) in [5, 5.41) is 2.78. The molecule has 0 spiro atoms. The number of aryl methyl sites for hydroxylation is 1. The molecule has 0 radical (unpaired) electrons. The molecule has 0 aromatic heterocycles. The molecular formula is C14H19NO2. The van der Waals surface area contributed by atoms with E-state index in [2.05, 4.69) is 5.32 Å². The Morgan fingerprint density at radius 2 is 1.94 bits per heavy atom. The minimum absolute atomic E-state index is 0.00435. The number of carbonyl (C=O) groups excluding carboxylic acids is 2. The number of rotatable bonds is 5. The number of hydrogen-bond donors (Lipinski definition) is 1. The summed E-state index contributed by atoms with van der Waals surface area (Å²) in [6, 6.07) is 5.74. The predicted molar refractivity (Wildman–Crippen MR) is 69.1 cm³/mol. The second-order valence-corrected chi connectivity index (χ2v) is 4.26. The number of amides is 1. The first-order valence-electron chi connectivity index (χ1n) is 5.92. The topological polar surface area (TPSA) is 46.2 Å². The van der Waals surface area contributed by atoms with Crippen molar-refractivity contribution in [1.29, 1.82) is 0 Å². The second kappa shape index (κ2) is 6.18. The summed E-state index contributed by atoms with van der Waals surface area (Å²) in [5.41, 5.74) is 2.96. The molecular weight excluding hydrogens is 214 g/mol. The minimum atomic E-state index is -0.225. The summed E-state index contributed by atoms with van der Waals surface area (Å²) in [6.07, 6.45) is 1.23. The van der Waals surface area contributed by atoms with E-state index in [4.69, 9.17) is 0 Å². The van der Waals surface area contributed by atoms with Gasteiger partial charge in [-0.25, -0.2) is 0 Å². The van der Waals surface area contributed by atoms with Crippen LogP contribution in [0, 0.1) is 13.8 Å². The normalized spacial score (nSPS) is 10.1. The number of hydrogen-bond acceptors (Lipinski definition) is 2. The minimum Gasteiger partial charge on any atom is -0.325 e. The lowest BCUT2D eigenvalue weighted by atomic mass is 10.1. The Morgan fingerprint density at radius 3 is 2.59 bits per heavy atom. The number of anilines is 1. The van der Waals surface area contributed by atoms with Gasteiger partial charge in [0, 0.05) is 12.1 Å². The summed E-state index contributed by atoms with van der Waals surface area (Å²) in [5.74, 6) is -0.229. The van der Waals surface area contributed by atoms with Crippen molar-refractivity contribution < 1.29 is 9.59 Å². The third kappa shape index (κ3) is 4.02. The Hall–Kier alpha value is -1.64. The van der Waals surface area contributed by atoms with Crippen LogP contribution in [0.25, 0.3) is 0 Å². The molecule has 1 aromatic carbocycles. The average molecular weight is 233 g/mol. The summed E-state index contributed by atoms with van der Waals surface area (Å²) in [4.78, 5) is 23.0. The Kier molecular flexibility index (Phi) is 4.88. The maximum Gasteiger partial charge on any atom is 0.231 e. The molecule has 3 nitrogen and oxygen atoms in total. The molecule has 3 heteroatoms. The molecule has 92 valence electrons. The molecule has 0 fully saturated rings. The van der Waals surface area contributed by atoms with Crippen molar-refractivity contribution in [1.82, 2.24) is 0 Å².